The van der Waals surface area contributed by atoms with E-state index in [2.05, 4.69) is 20.6 Å². The number of hydrogen-bond donors (Lipinski definition) is 1. The van der Waals surface area contributed by atoms with Crippen LogP contribution < -0.4 is 19.5 Å². The van der Waals surface area contributed by atoms with E-state index in [-0.39, 0.29) is 5.91 Å². The third kappa shape index (κ3) is 4.75. The van der Waals surface area contributed by atoms with Crippen molar-refractivity contribution in [2.45, 2.75) is 27.7 Å². The van der Waals surface area contributed by atoms with E-state index in [1.807, 2.05) is 52.0 Å². The van der Waals surface area contributed by atoms with Crippen LogP contribution in [0.5, 0.6) is 17.2 Å². The van der Waals surface area contributed by atoms with Crippen LogP contribution in [0.2, 0.25) is 0 Å². The molecule has 0 aliphatic heterocycles. The predicted octanol–water partition coefficient (Wildman–Crippen LogP) is 4.61. The second-order valence-corrected chi connectivity index (χ2v) is 7.94. The van der Waals surface area contributed by atoms with E-state index in [1.165, 1.54) is 11.3 Å². The molecule has 0 saturated heterocycles. The molecule has 10 heteroatoms. The molecular formula is C23H25N5O4S. The maximum absolute atomic E-state index is 13.0. The smallest absolute Gasteiger partial charge is 0.255 e. The van der Waals surface area contributed by atoms with Gasteiger partial charge in [0, 0.05) is 16.8 Å². The SMILES string of the molecule is CCOc1cc(C(=O)Nc2ccc(-c3nn4c(C)nnc4s3)cc2)cc(OCC)c1OCC. The highest BCUT2D eigenvalue weighted by Gasteiger charge is 2.19. The number of amides is 1. The second-order valence-electron chi connectivity index (χ2n) is 6.98. The number of benzene rings is 2. The fourth-order valence-electron chi connectivity index (χ4n) is 3.25. The normalized spacial score (nSPS) is 10.9. The Morgan fingerprint density at radius 1 is 0.970 bits per heavy atom. The fourth-order valence-corrected chi connectivity index (χ4v) is 4.14. The van der Waals surface area contributed by atoms with E-state index in [9.17, 15) is 4.79 Å². The average Bonchev–Trinajstić information content (AvgIpc) is 3.38. The van der Waals surface area contributed by atoms with Crippen molar-refractivity contribution in [3.8, 4) is 27.8 Å². The lowest BCUT2D eigenvalue weighted by atomic mass is 10.1. The Kier molecular flexibility index (Phi) is 6.74. The summed E-state index contributed by atoms with van der Waals surface area (Å²) in [5.74, 6) is 1.92. The van der Waals surface area contributed by atoms with Crippen LogP contribution in [0.3, 0.4) is 0 Å². The van der Waals surface area contributed by atoms with Crippen molar-refractivity contribution in [2.75, 3.05) is 25.1 Å². The van der Waals surface area contributed by atoms with Gasteiger partial charge in [-0.2, -0.15) is 9.61 Å². The summed E-state index contributed by atoms with van der Waals surface area (Å²) in [6.07, 6.45) is 0. The van der Waals surface area contributed by atoms with E-state index >= 15 is 0 Å². The summed E-state index contributed by atoms with van der Waals surface area (Å²) in [4.78, 5) is 13.7. The van der Waals surface area contributed by atoms with Gasteiger partial charge in [-0.25, -0.2) is 0 Å². The molecular weight excluding hydrogens is 442 g/mol. The first-order chi connectivity index (χ1) is 16.0. The molecule has 172 valence electrons. The lowest BCUT2D eigenvalue weighted by molar-refractivity contribution is 0.102. The number of carbonyl (C=O) groups excluding carboxylic acids is 1. The third-order valence-corrected chi connectivity index (χ3v) is 5.66. The highest BCUT2D eigenvalue weighted by molar-refractivity contribution is 7.19. The van der Waals surface area contributed by atoms with Gasteiger partial charge in [-0.3, -0.25) is 4.79 Å². The second kappa shape index (κ2) is 9.86. The minimum Gasteiger partial charge on any atom is -0.490 e. The lowest BCUT2D eigenvalue weighted by Gasteiger charge is -2.17. The molecule has 2 aromatic heterocycles. The van der Waals surface area contributed by atoms with Gasteiger partial charge in [-0.1, -0.05) is 11.3 Å². The molecule has 0 spiro atoms. The van der Waals surface area contributed by atoms with Crippen LogP contribution in [-0.4, -0.2) is 45.5 Å². The Labute approximate surface area is 195 Å². The van der Waals surface area contributed by atoms with Crippen molar-refractivity contribution >= 4 is 27.9 Å². The number of carbonyl (C=O) groups is 1. The van der Waals surface area contributed by atoms with Gasteiger partial charge in [0.2, 0.25) is 10.7 Å². The molecule has 0 aliphatic rings. The summed E-state index contributed by atoms with van der Waals surface area (Å²) >= 11 is 1.46. The number of hydrogen-bond acceptors (Lipinski definition) is 8. The van der Waals surface area contributed by atoms with E-state index in [0.29, 0.717) is 48.3 Å². The van der Waals surface area contributed by atoms with E-state index in [0.717, 1.165) is 21.4 Å². The molecule has 0 atom stereocenters. The van der Waals surface area contributed by atoms with Gasteiger partial charge in [0.05, 0.1) is 19.8 Å². The van der Waals surface area contributed by atoms with Crippen molar-refractivity contribution in [3.63, 3.8) is 0 Å². The number of aromatic nitrogens is 4. The van der Waals surface area contributed by atoms with Gasteiger partial charge in [-0.05, 0) is 64.1 Å². The molecule has 0 unspecified atom stereocenters. The van der Waals surface area contributed by atoms with Crippen LogP contribution in [-0.2, 0) is 0 Å². The summed E-state index contributed by atoms with van der Waals surface area (Å²) < 4.78 is 18.8. The summed E-state index contributed by atoms with van der Waals surface area (Å²) in [6.45, 7) is 8.84. The Morgan fingerprint density at radius 3 is 2.18 bits per heavy atom. The number of aryl methyl sites for hydroxylation is 1. The first-order valence-corrected chi connectivity index (χ1v) is 11.5. The predicted molar refractivity (Wildman–Crippen MR) is 127 cm³/mol. The molecule has 1 amide bonds. The molecule has 2 heterocycles. The summed E-state index contributed by atoms with van der Waals surface area (Å²) in [6, 6.07) is 10.8. The number of nitrogens with one attached hydrogen (secondary N) is 1. The van der Waals surface area contributed by atoms with Crippen molar-refractivity contribution < 1.29 is 19.0 Å². The Morgan fingerprint density at radius 2 is 1.61 bits per heavy atom. The van der Waals surface area contributed by atoms with Crippen LogP contribution in [0, 0.1) is 6.92 Å². The molecule has 2 aromatic carbocycles. The van der Waals surface area contributed by atoms with Gasteiger partial charge in [-0.15, -0.1) is 10.2 Å². The molecule has 9 nitrogen and oxygen atoms in total. The van der Waals surface area contributed by atoms with Crippen LogP contribution in [0.4, 0.5) is 5.69 Å². The highest BCUT2D eigenvalue weighted by Crippen LogP contribution is 2.39. The molecule has 0 bridgehead atoms. The highest BCUT2D eigenvalue weighted by atomic mass is 32.1. The average molecular weight is 468 g/mol. The van der Waals surface area contributed by atoms with Gasteiger partial charge in [0.25, 0.3) is 5.91 Å². The molecule has 33 heavy (non-hydrogen) atoms. The molecule has 0 fully saturated rings. The van der Waals surface area contributed by atoms with Gasteiger partial charge < -0.3 is 19.5 Å². The van der Waals surface area contributed by atoms with Crippen molar-refractivity contribution in [2.24, 2.45) is 0 Å². The molecule has 4 aromatic rings. The largest absolute Gasteiger partial charge is 0.490 e. The first kappa shape index (κ1) is 22.5. The molecule has 0 aliphatic carbocycles. The molecule has 4 rings (SSSR count). The summed E-state index contributed by atoms with van der Waals surface area (Å²) in [7, 11) is 0. The first-order valence-electron chi connectivity index (χ1n) is 10.7. The zero-order valence-corrected chi connectivity index (χ0v) is 19.7. The summed E-state index contributed by atoms with van der Waals surface area (Å²) in [5.41, 5.74) is 2.01. The maximum Gasteiger partial charge on any atom is 0.255 e. The van der Waals surface area contributed by atoms with Gasteiger partial charge in [0.15, 0.2) is 17.3 Å². The van der Waals surface area contributed by atoms with Gasteiger partial charge in [0.1, 0.15) is 5.01 Å². The third-order valence-electron chi connectivity index (χ3n) is 4.71. The standard InChI is InChI=1S/C23H25N5O4S/c1-5-30-18-12-16(13-19(31-6-2)20(18)32-7-3)21(29)24-17-10-8-15(9-11-17)22-27-28-14(4)25-26-23(28)33-22/h8-13H,5-7H2,1-4H3,(H,24,29). The van der Waals surface area contributed by atoms with Crippen molar-refractivity contribution in [1.82, 2.24) is 19.8 Å². The van der Waals surface area contributed by atoms with Crippen molar-refractivity contribution in [3.05, 3.63) is 47.8 Å². The minimum atomic E-state index is -0.276. The maximum atomic E-state index is 13.0. The number of rotatable bonds is 9. The summed E-state index contributed by atoms with van der Waals surface area (Å²) in [5, 5.41) is 16.4. The van der Waals surface area contributed by atoms with Crippen LogP contribution in [0.1, 0.15) is 37.0 Å². The molecule has 0 radical (unpaired) electrons. The van der Waals surface area contributed by atoms with Gasteiger partial charge >= 0.3 is 0 Å². The lowest BCUT2D eigenvalue weighted by Crippen LogP contribution is -2.13. The number of ether oxygens (including phenoxy) is 3. The Hall–Kier alpha value is -3.66. The molecule has 1 N–H and O–H groups in total. The quantitative estimate of drug-likeness (QED) is 0.384. The minimum absolute atomic E-state index is 0.276. The fraction of sp³-hybridized carbons (Fsp3) is 0.304. The van der Waals surface area contributed by atoms with Crippen molar-refractivity contribution in [1.29, 1.82) is 0 Å². The number of fused-ring (bicyclic) bond motifs is 1. The van der Waals surface area contributed by atoms with Crippen LogP contribution >= 0.6 is 11.3 Å². The number of nitrogens with zero attached hydrogens (tertiary/aromatic N) is 4. The topological polar surface area (TPSA) is 99.9 Å². The number of anilines is 1. The zero-order chi connectivity index (χ0) is 23.4. The Balaban J connectivity index is 1.55. The Bertz CT molecular complexity index is 1240. The monoisotopic (exact) mass is 467 g/mol. The van der Waals surface area contributed by atoms with E-state index < -0.39 is 0 Å². The van der Waals surface area contributed by atoms with Crippen LogP contribution in [0.15, 0.2) is 36.4 Å². The zero-order valence-electron chi connectivity index (χ0n) is 18.9. The molecule has 0 saturated carbocycles. The van der Waals surface area contributed by atoms with E-state index in [4.69, 9.17) is 14.2 Å². The van der Waals surface area contributed by atoms with Crippen LogP contribution in [0.25, 0.3) is 15.5 Å². The van der Waals surface area contributed by atoms with E-state index in [1.54, 1.807) is 16.6 Å².